The largest absolute Gasteiger partial charge is 0.392 e. The van der Waals surface area contributed by atoms with E-state index in [1.54, 1.807) is 0 Å². The van der Waals surface area contributed by atoms with Gasteiger partial charge in [-0.15, -0.1) is 0 Å². The molecule has 0 radical (unpaired) electrons. The van der Waals surface area contributed by atoms with E-state index in [2.05, 4.69) is 17.3 Å². The summed E-state index contributed by atoms with van der Waals surface area (Å²) < 4.78 is 5.41. The summed E-state index contributed by atoms with van der Waals surface area (Å²) in [7, 11) is 0. The molecule has 1 aliphatic carbocycles. The van der Waals surface area contributed by atoms with E-state index in [-0.39, 0.29) is 12.5 Å². The highest BCUT2D eigenvalue weighted by Crippen LogP contribution is 2.28. The predicted molar refractivity (Wildman–Crippen MR) is 93.2 cm³/mol. The van der Waals surface area contributed by atoms with Crippen LogP contribution < -0.4 is 0 Å². The number of hydrogen-bond donors (Lipinski definition) is 1. The summed E-state index contributed by atoms with van der Waals surface area (Å²) in [4.78, 5) is 14.8. The summed E-state index contributed by atoms with van der Waals surface area (Å²) in [6, 6.07) is 8.06. The van der Waals surface area contributed by atoms with E-state index >= 15 is 0 Å². The minimum atomic E-state index is 0.00209. The van der Waals surface area contributed by atoms with Gasteiger partial charge in [-0.25, -0.2) is 0 Å². The third-order valence-electron chi connectivity index (χ3n) is 5.43. The number of carbonyl (C=O) groups excluding carboxylic acids is 1. The first-order valence-electron chi connectivity index (χ1n) is 9.20. The number of aliphatic hydroxyl groups excluding tert-OH is 1. The molecule has 1 unspecified atom stereocenters. The van der Waals surface area contributed by atoms with Crippen LogP contribution in [-0.4, -0.2) is 34.2 Å². The number of nitrogens with zero attached hydrogens (tertiary/aromatic N) is 2. The van der Waals surface area contributed by atoms with Crippen LogP contribution in [0.2, 0.25) is 0 Å². The Morgan fingerprint density at radius 2 is 2.12 bits per heavy atom. The van der Waals surface area contributed by atoms with Crippen LogP contribution in [-0.2, 0) is 25.9 Å². The maximum absolute atomic E-state index is 12.8. The van der Waals surface area contributed by atoms with Crippen molar-refractivity contribution in [2.45, 2.75) is 45.1 Å². The van der Waals surface area contributed by atoms with Crippen LogP contribution in [0.1, 0.15) is 52.2 Å². The molecule has 0 bridgehead atoms. The van der Waals surface area contributed by atoms with E-state index in [0.717, 1.165) is 68.4 Å². The van der Waals surface area contributed by atoms with E-state index in [1.165, 1.54) is 5.56 Å². The second-order valence-corrected chi connectivity index (χ2v) is 7.23. The van der Waals surface area contributed by atoms with Crippen molar-refractivity contribution in [3.05, 3.63) is 52.4 Å². The van der Waals surface area contributed by atoms with Crippen LogP contribution >= 0.6 is 0 Å². The second kappa shape index (κ2) is 7.00. The molecule has 1 saturated heterocycles. The zero-order valence-electron chi connectivity index (χ0n) is 14.4. The van der Waals surface area contributed by atoms with Gasteiger partial charge in [0, 0.05) is 18.7 Å². The molecule has 2 heterocycles. The molecule has 2 aromatic rings. The van der Waals surface area contributed by atoms with Crippen molar-refractivity contribution in [3.63, 3.8) is 0 Å². The molecule has 1 atom stereocenters. The van der Waals surface area contributed by atoms with Gasteiger partial charge >= 0.3 is 0 Å². The molecule has 5 heteroatoms. The van der Waals surface area contributed by atoms with E-state index in [9.17, 15) is 9.90 Å². The fourth-order valence-corrected chi connectivity index (χ4v) is 4.07. The normalized spacial score (nSPS) is 19.9. The Hall–Kier alpha value is -2.14. The highest BCUT2D eigenvalue weighted by Gasteiger charge is 2.32. The molecule has 2 aliphatic rings. The number of aryl methyl sites for hydroxylation is 1. The highest BCUT2D eigenvalue weighted by molar-refractivity contribution is 5.93. The number of carbonyl (C=O) groups is 1. The minimum Gasteiger partial charge on any atom is -0.392 e. The lowest BCUT2D eigenvalue weighted by atomic mass is 9.96. The van der Waals surface area contributed by atoms with Crippen molar-refractivity contribution in [1.82, 2.24) is 10.1 Å². The molecule has 1 aromatic carbocycles. The number of aromatic nitrogens is 1. The van der Waals surface area contributed by atoms with Gasteiger partial charge in [0.15, 0.2) is 0 Å². The number of hydrogen-bond acceptors (Lipinski definition) is 4. The van der Waals surface area contributed by atoms with Crippen LogP contribution in [0.4, 0.5) is 0 Å². The van der Waals surface area contributed by atoms with Gasteiger partial charge in [0.05, 0.1) is 12.3 Å². The summed E-state index contributed by atoms with van der Waals surface area (Å²) in [5, 5.41) is 13.4. The molecule has 1 aliphatic heterocycles. The molecule has 1 fully saturated rings. The van der Waals surface area contributed by atoms with E-state index in [1.807, 2.05) is 17.0 Å². The molecule has 4 rings (SSSR count). The molecule has 132 valence electrons. The van der Waals surface area contributed by atoms with Gasteiger partial charge < -0.3 is 14.5 Å². The smallest absolute Gasteiger partial charge is 0.292 e. The summed E-state index contributed by atoms with van der Waals surface area (Å²) in [6.07, 6.45) is 6.02. The Morgan fingerprint density at radius 3 is 3.00 bits per heavy atom. The maximum atomic E-state index is 12.8. The van der Waals surface area contributed by atoms with E-state index in [0.29, 0.717) is 11.7 Å². The number of amides is 1. The van der Waals surface area contributed by atoms with Crippen LogP contribution in [0.3, 0.4) is 0 Å². The zero-order chi connectivity index (χ0) is 17.2. The molecular weight excluding hydrogens is 316 g/mol. The van der Waals surface area contributed by atoms with Gasteiger partial charge in [-0.2, -0.15) is 0 Å². The maximum Gasteiger partial charge on any atom is 0.292 e. The lowest BCUT2D eigenvalue weighted by molar-refractivity contribution is 0.0744. The average molecular weight is 340 g/mol. The van der Waals surface area contributed by atoms with Crippen LogP contribution in [0.25, 0.3) is 0 Å². The second-order valence-electron chi connectivity index (χ2n) is 7.23. The third kappa shape index (κ3) is 3.33. The fraction of sp³-hybridized carbons (Fsp3) is 0.500. The predicted octanol–water partition coefficient (Wildman–Crippen LogP) is 2.75. The Balaban J connectivity index is 1.42. The topological polar surface area (TPSA) is 66.6 Å². The fourth-order valence-electron chi connectivity index (χ4n) is 4.07. The standard InChI is InChI=1S/C20H24N2O3/c23-13-16-5-3-4-14(11-16)10-15-8-9-22(12-15)20(24)19-17-6-1-2-7-18(17)21-25-19/h3-5,11,15,23H,1-2,6-10,12-13H2. The van der Waals surface area contributed by atoms with Gasteiger partial charge in [-0.05, 0) is 55.6 Å². The molecule has 0 spiro atoms. The van der Waals surface area contributed by atoms with Crippen molar-refractivity contribution in [2.75, 3.05) is 13.1 Å². The third-order valence-corrected chi connectivity index (χ3v) is 5.43. The Kier molecular flexibility index (Phi) is 4.57. The van der Waals surface area contributed by atoms with Gasteiger partial charge in [0.2, 0.25) is 5.76 Å². The molecular formula is C20H24N2O3. The molecule has 1 N–H and O–H groups in total. The Labute approximate surface area is 147 Å². The zero-order valence-corrected chi connectivity index (χ0v) is 14.4. The SMILES string of the molecule is O=C(c1onc2c1CCCC2)N1CCC(Cc2cccc(CO)c2)C1. The monoisotopic (exact) mass is 340 g/mol. The Morgan fingerprint density at radius 1 is 1.28 bits per heavy atom. The molecule has 0 saturated carbocycles. The molecule has 1 amide bonds. The lowest BCUT2D eigenvalue weighted by Gasteiger charge is -2.16. The molecule has 5 nitrogen and oxygen atoms in total. The number of benzene rings is 1. The van der Waals surface area contributed by atoms with Crippen LogP contribution in [0.5, 0.6) is 0 Å². The molecule has 25 heavy (non-hydrogen) atoms. The first-order valence-corrected chi connectivity index (χ1v) is 9.20. The molecule has 1 aromatic heterocycles. The number of fused-ring (bicyclic) bond motifs is 1. The summed E-state index contributed by atoms with van der Waals surface area (Å²) in [6.45, 7) is 1.61. The van der Waals surface area contributed by atoms with Crippen molar-refractivity contribution in [3.8, 4) is 0 Å². The van der Waals surface area contributed by atoms with Crippen LogP contribution in [0, 0.1) is 5.92 Å². The minimum absolute atomic E-state index is 0.00209. The lowest BCUT2D eigenvalue weighted by Crippen LogP contribution is -2.29. The van der Waals surface area contributed by atoms with E-state index in [4.69, 9.17) is 4.52 Å². The first-order chi connectivity index (χ1) is 12.2. The highest BCUT2D eigenvalue weighted by atomic mass is 16.5. The van der Waals surface area contributed by atoms with Crippen molar-refractivity contribution < 1.29 is 14.4 Å². The van der Waals surface area contributed by atoms with Crippen molar-refractivity contribution >= 4 is 5.91 Å². The van der Waals surface area contributed by atoms with Crippen molar-refractivity contribution in [1.29, 1.82) is 0 Å². The quantitative estimate of drug-likeness (QED) is 0.929. The van der Waals surface area contributed by atoms with Gasteiger partial charge in [-0.3, -0.25) is 4.79 Å². The van der Waals surface area contributed by atoms with Gasteiger partial charge in [0.25, 0.3) is 5.91 Å². The number of likely N-dealkylation sites (tertiary alicyclic amines) is 1. The number of rotatable bonds is 4. The van der Waals surface area contributed by atoms with Crippen molar-refractivity contribution in [2.24, 2.45) is 5.92 Å². The van der Waals surface area contributed by atoms with E-state index < -0.39 is 0 Å². The van der Waals surface area contributed by atoms with Crippen LogP contribution in [0.15, 0.2) is 28.8 Å². The number of aliphatic hydroxyl groups is 1. The summed E-state index contributed by atoms with van der Waals surface area (Å²) in [5.41, 5.74) is 4.18. The summed E-state index contributed by atoms with van der Waals surface area (Å²) >= 11 is 0. The van der Waals surface area contributed by atoms with Gasteiger partial charge in [0.1, 0.15) is 0 Å². The summed E-state index contributed by atoms with van der Waals surface area (Å²) in [5.74, 6) is 0.927. The first kappa shape index (κ1) is 16.3. The average Bonchev–Trinajstić information content (AvgIpc) is 3.28. The Bertz CT molecular complexity index is 768. The van der Waals surface area contributed by atoms with Gasteiger partial charge in [-0.1, -0.05) is 29.4 Å².